The van der Waals surface area contributed by atoms with Crippen molar-refractivity contribution in [3.8, 4) is 0 Å². The Labute approximate surface area is 94.0 Å². The first kappa shape index (κ1) is 11.8. The summed E-state index contributed by atoms with van der Waals surface area (Å²) in [7, 11) is 0. The van der Waals surface area contributed by atoms with Crippen LogP contribution >= 0.6 is 11.6 Å². The SMILES string of the molecule is CC(C)(C)NC(=O)Nc1ccnc(Cl)c1. The number of halogens is 1. The average Bonchev–Trinajstić information content (AvgIpc) is 1.99. The van der Waals surface area contributed by atoms with Gasteiger partial charge < -0.3 is 10.6 Å². The number of pyridine rings is 1. The van der Waals surface area contributed by atoms with E-state index in [2.05, 4.69) is 15.6 Å². The molecule has 2 amide bonds. The Morgan fingerprint density at radius 3 is 2.67 bits per heavy atom. The van der Waals surface area contributed by atoms with Crippen LogP contribution in [0.25, 0.3) is 0 Å². The summed E-state index contributed by atoms with van der Waals surface area (Å²) in [6.07, 6.45) is 1.54. The molecule has 15 heavy (non-hydrogen) atoms. The van der Waals surface area contributed by atoms with Crippen molar-refractivity contribution in [2.75, 3.05) is 5.32 Å². The molecule has 1 heterocycles. The third kappa shape index (κ3) is 4.65. The van der Waals surface area contributed by atoms with Crippen molar-refractivity contribution in [1.82, 2.24) is 10.3 Å². The Bertz CT molecular complexity index is 360. The Morgan fingerprint density at radius 2 is 2.13 bits per heavy atom. The largest absolute Gasteiger partial charge is 0.333 e. The van der Waals surface area contributed by atoms with Crippen molar-refractivity contribution >= 4 is 23.3 Å². The molecule has 0 spiro atoms. The van der Waals surface area contributed by atoms with Crippen molar-refractivity contribution in [2.45, 2.75) is 26.3 Å². The van der Waals surface area contributed by atoms with Gasteiger partial charge in [-0.05, 0) is 32.9 Å². The van der Waals surface area contributed by atoms with Crippen LogP contribution in [-0.2, 0) is 0 Å². The summed E-state index contributed by atoms with van der Waals surface area (Å²) >= 11 is 5.68. The molecular formula is C10H14ClN3O. The quantitative estimate of drug-likeness (QED) is 0.725. The van der Waals surface area contributed by atoms with Crippen LogP contribution in [-0.4, -0.2) is 16.6 Å². The highest BCUT2D eigenvalue weighted by Crippen LogP contribution is 2.11. The van der Waals surface area contributed by atoms with E-state index in [-0.39, 0.29) is 11.6 Å². The molecule has 0 radical (unpaired) electrons. The zero-order valence-electron chi connectivity index (χ0n) is 8.97. The van der Waals surface area contributed by atoms with Crippen molar-refractivity contribution in [2.24, 2.45) is 0 Å². The molecule has 0 aliphatic heterocycles. The maximum Gasteiger partial charge on any atom is 0.319 e. The Balaban J connectivity index is 2.59. The lowest BCUT2D eigenvalue weighted by atomic mass is 10.1. The zero-order chi connectivity index (χ0) is 11.5. The number of nitrogens with zero attached hydrogens (tertiary/aromatic N) is 1. The van der Waals surface area contributed by atoms with Crippen LogP contribution in [0.4, 0.5) is 10.5 Å². The summed E-state index contributed by atoms with van der Waals surface area (Å²) in [4.78, 5) is 15.3. The van der Waals surface area contributed by atoms with E-state index in [1.807, 2.05) is 20.8 Å². The molecule has 0 atom stereocenters. The normalized spacial score (nSPS) is 10.9. The fraction of sp³-hybridized carbons (Fsp3) is 0.400. The topological polar surface area (TPSA) is 54.0 Å². The highest BCUT2D eigenvalue weighted by molar-refractivity contribution is 6.29. The Kier molecular flexibility index (Phi) is 3.52. The van der Waals surface area contributed by atoms with E-state index < -0.39 is 0 Å². The van der Waals surface area contributed by atoms with Crippen molar-refractivity contribution in [1.29, 1.82) is 0 Å². The van der Waals surface area contributed by atoms with Gasteiger partial charge in [0.15, 0.2) is 0 Å². The van der Waals surface area contributed by atoms with Crippen molar-refractivity contribution in [3.05, 3.63) is 23.5 Å². The molecule has 4 nitrogen and oxygen atoms in total. The lowest BCUT2D eigenvalue weighted by molar-refractivity contribution is 0.244. The fourth-order valence-corrected chi connectivity index (χ4v) is 1.16. The maximum atomic E-state index is 11.5. The first-order chi connectivity index (χ1) is 6.87. The minimum Gasteiger partial charge on any atom is -0.333 e. The predicted octanol–water partition coefficient (Wildman–Crippen LogP) is 2.66. The van der Waals surface area contributed by atoms with Gasteiger partial charge in [-0.3, -0.25) is 0 Å². The summed E-state index contributed by atoms with van der Waals surface area (Å²) in [5.41, 5.74) is 0.359. The van der Waals surface area contributed by atoms with Gasteiger partial charge in [0.05, 0.1) is 0 Å². The van der Waals surface area contributed by atoms with Crippen LogP contribution in [0.3, 0.4) is 0 Å². The van der Waals surface area contributed by atoms with Gasteiger partial charge in [0.25, 0.3) is 0 Å². The molecule has 1 aromatic rings. The molecule has 0 saturated carbocycles. The summed E-state index contributed by atoms with van der Waals surface area (Å²) < 4.78 is 0. The minimum absolute atomic E-state index is 0.259. The predicted molar refractivity (Wildman–Crippen MR) is 61.2 cm³/mol. The second kappa shape index (κ2) is 4.49. The summed E-state index contributed by atoms with van der Waals surface area (Å²) in [6.45, 7) is 5.73. The number of amides is 2. The van der Waals surface area contributed by atoms with E-state index in [1.165, 1.54) is 6.20 Å². The van der Waals surface area contributed by atoms with E-state index in [1.54, 1.807) is 12.1 Å². The molecule has 1 aromatic heterocycles. The van der Waals surface area contributed by atoms with Gasteiger partial charge in [0.2, 0.25) is 0 Å². The Morgan fingerprint density at radius 1 is 1.47 bits per heavy atom. The monoisotopic (exact) mass is 227 g/mol. The van der Waals surface area contributed by atoms with Gasteiger partial charge >= 0.3 is 6.03 Å². The van der Waals surface area contributed by atoms with E-state index in [4.69, 9.17) is 11.6 Å². The van der Waals surface area contributed by atoms with Gasteiger partial charge in [0.1, 0.15) is 5.15 Å². The highest BCUT2D eigenvalue weighted by atomic mass is 35.5. The lowest BCUT2D eigenvalue weighted by Gasteiger charge is -2.20. The standard InChI is InChI=1S/C10H14ClN3O/c1-10(2,3)14-9(15)13-7-4-5-12-8(11)6-7/h4-6H,1-3H3,(H2,12,13,14,15). The van der Waals surface area contributed by atoms with Gasteiger partial charge in [-0.1, -0.05) is 11.6 Å². The van der Waals surface area contributed by atoms with Crippen LogP contribution < -0.4 is 10.6 Å². The number of carbonyl (C=O) groups is 1. The number of carbonyl (C=O) groups excluding carboxylic acids is 1. The number of rotatable bonds is 1. The summed E-state index contributed by atoms with van der Waals surface area (Å²) in [6, 6.07) is 3.00. The van der Waals surface area contributed by atoms with E-state index in [0.29, 0.717) is 10.8 Å². The van der Waals surface area contributed by atoms with Gasteiger partial charge in [-0.15, -0.1) is 0 Å². The van der Waals surface area contributed by atoms with Crippen molar-refractivity contribution in [3.63, 3.8) is 0 Å². The van der Waals surface area contributed by atoms with Crippen LogP contribution in [0.1, 0.15) is 20.8 Å². The molecule has 0 saturated heterocycles. The summed E-state index contributed by atoms with van der Waals surface area (Å²) in [5, 5.41) is 5.79. The fourth-order valence-electron chi connectivity index (χ4n) is 0.983. The number of hydrogen-bond donors (Lipinski definition) is 2. The Hall–Kier alpha value is -1.29. The molecule has 82 valence electrons. The van der Waals surface area contributed by atoms with E-state index >= 15 is 0 Å². The van der Waals surface area contributed by atoms with E-state index in [9.17, 15) is 4.79 Å². The van der Waals surface area contributed by atoms with Gasteiger partial charge in [0, 0.05) is 17.4 Å². The zero-order valence-corrected chi connectivity index (χ0v) is 9.72. The summed E-state index contributed by atoms with van der Waals surface area (Å²) in [5.74, 6) is 0. The number of nitrogens with one attached hydrogen (secondary N) is 2. The highest BCUT2D eigenvalue weighted by Gasteiger charge is 2.13. The molecule has 0 fully saturated rings. The minimum atomic E-state index is -0.263. The van der Waals surface area contributed by atoms with Gasteiger partial charge in [-0.25, -0.2) is 9.78 Å². The second-order valence-corrected chi connectivity index (χ2v) is 4.58. The van der Waals surface area contributed by atoms with Crippen LogP contribution in [0, 0.1) is 0 Å². The molecule has 0 aliphatic carbocycles. The van der Waals surface area contributed by atoms with Crippen LogP contribution in [0.15, 0.2) is 18.3 Å². The lowest BCUT2D eigenvalue weighted by Crippen LogP contribution is -2.43. The maximum absolute atomic E-state index is 11.5. The molecule has 0 bridgehead atoms. The van der Waals surface area contributed by atoms with Crippen LogP contribution in [0.2, 0.25) is 5.15 Å². The first-order valence-electron chi connectivity index (χ1n) is 4.57. The third-order valence-corrected chi connectivity index (χ3v) is 1.68. The number of urea groups is 1. The molecule has 2 N–H and O–H groups in total. The second-order valence-electron chi connectivity index (χ2n) is 4.20. The molecule has 0 aliphatic rings. The number of aromatic nitrogens is 1. The van der Waals surface area contributed by atoms with Crippen LogP contribution in [0.5, 0.6) is 0 Å². The number of anilines is 1. The molecule has 5 heteroatoms. The average molecular weight is 228 g/mol. The molecule has 1 rings (SSSR count). The van der Waals surface area contributed by atoms with Gasteiger partial charge in [-0.2, -0.15) is 0 Å². The van der Waals surface area contributed by atoms with E-state index in [0.717, 1.165) is 0 Å². The molecule has 0 unspecified atom stereocenters. The first-order valence-corrected chi connectivity index (χ1v) is 4.95. The number of hydrogen-bond acceptors (Lipinski definition) is 2. The molecule has 0 aromatic carbocycles. The van der Waals surface area contributed by atoms with Crippen molar-refractivity contribution < 1.29 is 4.79 Å². The smallest absolute Gasteiger partial charge is 0.319 e. The molecular weight excluding hydrogens is 214 g/mol. The third-order valence-electron chi connectivity index (χ3n) is 1.47.